The average molecular weight is 271 g/mol. The number of nitrogens with zero attached hydrogens (tertiary/aromatic N) is 4. The maximum Gasteiger partial charge on any atom is 0.123 e. The summed E-state index contributed by atoms with van der Waals surface area (Å²) in [6.07, 6.45) is 4.48. The molecule has 0 atom stereocenters. The number of ether oxygens (including phenoxy) is 1. The van der Waals surface area contributed by atoms with Gasteiger partial charge in [0.2, 0.25) is 0 Å². The summed E-state index contributed by atoms with van der Waals surface area (Å²) in [5.74, 6) is 0.799. The second-order valence-electron chi connectivity index (χ2n) is 4.33. The van der Waals surface area contributed by atoms with Gasteiger partial charge >= 0.3 is 0 Å². The molecule has 20 heavy (non-hydrogen) atoms. The van der Waals surface area contributed by atoms with Crippen LogP contribution in [0.2, 0.25) is 0 Å². The fourth-order valence-electron chi connectivity index (χ4n) is 1.93. The summed E-state index contributed by atoms with van der Waals surface area (Å²) in [4.78, 5) is 0. The molecule has 104 valence electrons. The van der Waals surface area contributed by atoms with Gasteiger partial charge in [-0.1, -0.05) is 5.21 Å². The lowest BCUT2D eigenvalue weighted by molar-refractivity contribution is 0.407. The van der Waals surface area contributed by atoms with Gasteiger partial charge < -0.3 is 10.1 Å². The van der Waals surface area contributed by atoms with Gasteiger partial charge in [0.25, 0.3) is 0 Å². The molecular formula is C14H17N5O. The predicted octanol–water partition coefficient (Wildman–Crippen LogP) is 1.34. The van der Waals surface area contributed by atoms with E-state index in [0.29, 0.717) is 12.1 Å². The third-order valence-corrected chi connectivity index (χ3v) is 2.94. The molecule has 2 aromatic rings. The minimum Gasteiger partial charge on any atom is -0.496 e. The Morgan fingerprint density at radius 3 is 3.05 bits per heavy atom. The van der Waals surface area contributed by atoms with Crippen LogP contribution in [0.1, 0.15) is 17.5 Å². The molecule has 2 rings (SSSR count). The lowest BCUT2D eigenvalue weighted by atomic mass is 10.1. The van der Waals surface area contributed by atoms with Gasteiger partial charge in [0.15, 0.2) is 0 Å². The molecule has 0 fully saturated rings. The largest absolute Gasteiger partial charge is 0.496 e. The molecule has 1 N–H and O–H groups in total. The fraction of sp³-hybridized carbons (Fsp3) is 0.357. The molecule has 0 amide bonds. The van der Waals surface area contributed by atoms with E-state index < -0.39 is 0 Å². The maximum atomic E-state index is 8.91. The molecule has 0 aliphatic heterocycles. The first kappa shape index (κ1) is 14.0. The van der Waals surface area contributed by atoms with Crippen molar-refractivity contribution in [3.63, 3.8) is 0 Å². The van der Waals surface area contributed by atoms with E-state index >= 15 is 0 Å². The summed E-state index contributed by atoms with van der Waals surface area (Å²) in [5.41, 5.74) is 1.64. The van der Waals surface area contributed by atoms with E-state index in [1.807, 2.05) is 18.3 Å². The van der Waals surface area contributed by atoms with E-state index in [2.05, 4.69) is 21.7 Å². The first-order chi connectivity index (χ1) is 9.83. The number of hydrogen-bond donors (Lipinski definition) is 1. The standard InChI is InChI=1S/C14H17N5O/c1-20-14-4-3-12(10-15)9-13(14)11-16-5-2-7-19-8-6-17-18-19/h3-4,6,8-9,16H,2,5,7,11H2,1H3. The zero-order valence-corrected chi connectivity index (χ0v) is 11.4. The van der Waals surface area contributed by atoms with Crippen molar-refractivity contribution in [1.29, 1.82) is 5.26 Å². The Morgan fingerprint density at radius 2 is 2.35 bits per heavy atom. The molecule has 0 unspecified atom stereocenters. The van der Waals surface area contributed by atoms with E-state index in [4.69, 9.17) is 10.00 Å². The van der Waals surface area contributed by atoms with Crippen molar-refractivity contribution < 1.29 is 4.74 Å². The van der Waals surface area contributed by atoms with E-state index in [1.54, 1.807) is 24.1 Å². The van der Waals surface area contributed by atoms with Crippen LogP contribution in [-0.4, -0.2) is 28.6 Å². The Labute approximate surface area is 118 Å². The molecule has 0 bridgehead atoms. The third-order valence-electron chi connectivity index (χ3n) is 2.94. The minimum absolute atomic E-state index is 0.644. The summed E-state index contributed by atoms with van der Waals surface area (Å²) in [7, 11) is 1.63. The molecule has 1 aromatic carbocycles. The Balaban J connectivity index is 1.80. The molecule has 0 saturated carbocycles. The van der Waals surface area contributed by atoms with Crippen LogP contribution in [0.3, 0.4) is 0 Å². The van der Waals surface area contributed by atoms with Crippen molar-refractivity contribution in [3.8, 4) is 11.8 Å². The summed E-state index contributed by atoms with van der Waals surface area (Å²) in [5, 5.41) is 19.9. The number of rotatable bonds is 7. The number of benzene rings is 1. The summed E-state index contributed by atoms with van der Waals surface area (Å²) in [6.45, 7) is 2.37. The third kappa shape index (κ3) is 3.80. The SMILES string of the molecule is COc1ccc(C#N)cc1CNCCCn1ccnn1. The average Bonchev–Trinajstić information content (AvgIpc) is 3.00. The number of nitriles is 1. The first-order valence-corrected chi connectivity index (χ1v) is 6.45. The van der Waals surface area contributed by atoms with E-state index in [9.17, 15) is 0 Å². The Bertz CT molecular complexity index is 574. The molecule has 0 saturated heterocycles. The van der Waals surface area contributed by atoms with Gasteiger partial charge in [-0.15, -0.1) is 5.10 Å². The second-order valence-corrected chi connectivity index (χ2v) is 4.33. The van der Waals surface area contributed by atoms with Gasteiger partial charge in [-0.2, -0.15) is 5.26 Å². The number of aromatic nitrogens is 3. The quantitative estimate of drug-likeness (QED) is 0.769. The Kier molecular flexibility index (Phi) is 5.09. The normalized spacial score (nSPS) is 10.2. The zero-order valence-electron chi connectivity index (χ0n) is 11.4. The van der Waals surface area contributed by atoms with E-state index in [-0.39, 0.29) is 0 Å². The topological polar surface area (TPSA) is 75.8 Å². The van der Waals surface area contributed by atoms with Crippen LogP contribution in [0.4, 0.5) is 0 Å². The monoisotopic (exact) mass is 271 g/mol. The molecule has 6 heteroatoms. The smallest absolute Gasteiger partial charge is 0.123 e. The van der Waals surface area contributed by atoms with Crippen LogP contribution in [0.25, 0.3) is 0 Å². The van der Waals surface area contributed by atoms with Gasteiger partial charge in [0.1, 0.15) is 5.75 Å². The highest BCUT2D eigenvalue weighted by molar-refractivity contribution is 5.41. The highest BCUT2D eigenvalue weighted by atomic mass is 16.5. The van der Waals surface area contributed by atoms with Crippen LogP contribution < -0.4 is 10.1 Å². The van der Waals surface area contributed by atoms with Gasteiger partial charge in [-0.25, -0.2) is 0 Å². The zero-order chi connectivity index (χ0) is 14.2. The molecule has 1 aromatic heterocycles. The van der Waals surface area contributed by atoms with Gasteiger partial charge in [-0.3, -0.25) is 4.68 Å². The molecule has 6 nitrogen and oxygen atoms in total. The molecular weight excluding hydrogens is 254 g/mol. The number of aryl methyl sites for hydroxylation is 1. The molecule has 0 radical (unpaired) electrons. The number of methoxy groups -OCH3 is 1. The van der Waals surface area contributed by atoms with Crippen molar-refractivity contribution >= 4 is 0 Å². The lowest BCUT2D eigenvalue weighted by Crippen LogP contribution is -2.17. The molecule has 0 spiro atoms. The van der Waals surface area contributed by atoms with Crippen molar-refractivity contribution in [2.45, 2.75) is 19.5 Å². The van der Waals surface area contributed by atoms with E-state index in [0.717, 1.165) is 30.8 Å². The second kappa shape index (κ2) is 7.26. The summed E-state index contributed by atoms with van der Waals surface area (Å²) in [6, 6.07) is 7.57. The minimum atomic E-state index is 0.644. The van der Waals surface area contributed by atoms with Gasteiger partial charge in [-0.05, 0) is 31.2 Å². The fourth-order valence-corrected chi connectivity index (χ4v) is 1.93. The Hall–Kier alpha value is -2.39. The van der Waals surface area contributed by atoms with Gasteiger partial charge in [0, 0.05) is 24.8 Å². The van der Waals surface area contributed by atoms with Crippen LogP contribution in [-0.2, 0) is 13.1 Å². The number of nitrogens with one attached hydrogen (secondary N) is 1. The molecule has 0 aliphatic carbocycles. The Morgan fingerprint density at radius 1 is 1.45 bits per heavy atom. The molecule has 0 aliphatic rings. The van der Waals surface area contributed by atoms with Crippen LogP contribution in [0, 0.1) is 11.3 Å². The van der Waals surface area contributed by atoms with Crippen molar-refractivity contribution in [3.05, 3.63) is 41.7 Å². The number of hydrogen-bond acceptors (Lipinski definition) is 5. The lowest BCUT2D eigenvalue weighted by Gasteiger charge is -2.10. The predicted molar refractivity (Wildman–Crippen MR) is 74.1 cm³/mol. The van der Waals surface area contributed by atoms with Crippen molar-refractivity contribution in [2.75, 3.05) is 13.7 Å². The maximum absolute atomic E-state index is 8.91. The molecule has 1 heterocycles. The van der Waals surface area contributed by atoms with Gasteiger partial charge in [0.05, 0.1) is 24.9 Å². The highest BCUT2D eigenvalue weighted by Gasteiger charge is 2.04. The van der Waals surface area contributed by atoms with Crippen LogP contribution >= 0.6 is 0 Å². The van der Waals surface area contributed by atoms with Crippen LogP contribution in [0.15, 0.2) is 30.6 Å². The van der Waals surface area contributed by atoms with Crippen molar-refractivity contribution in [1.82, 2.24) is 20.3 Å². The summed E-state index contributed by atoms with van der Waals surface area (Å²) < 4.78 is 7.09. The summed E-state index contributed by atoms with van der Waals surface area (Å²) >= 11 is 0. The highest BCUT2D eigenvalue weighted by Crippen LogP contribution is 2.19. The van der Waals surface area contributed by atoms with Crippen molar-refractivity contribution in [2.24, 2.45) is 0 Å². The van der Waals surface area contributed by atoms with Crippen LogP contribution in [0.5, 0.6) is 5.75 Å². The first-order valence-electron chi connectivity index (χ1n) is 6.45. The van der Waals surface area contributed by atoms with E-state index in [1.165, 1.54) is 0 Å².